The molecule has 0 spiro atoms. The van der Waals surface area contributed by atoms with Crippen LogP contribution in [0.1, 0.15) is 31.2 Å². The van der Waals surface area contributed by atoms with E-state index in [9.17, 15) is 9.18 Å². The quantitative estimate of drug-likeness (QED) is 0.923. The van der Waals surface area contributed by atoms with Gasteiger partial charge in [-0.05, 0) is 37.6 Å². The molecule has 1 unspecified atom stereocenters. The molecule has 0 aromatic heterocycles. The van der Waals surface area contributed by atoms with Gasteiger partial charge in [0.05, 0.1) is 6.42 Å². The Hall–Kier alpha value is -1.13. The van der Waals surface area contributed by atoms with E-state index in [0.717, 1.165) is 25.8 Å². The normalized spacial score (nSPS) is 20.4. The maximum absolute atomic E-state index is 13.7. The average molecular weight is 286 g/mol. The van der Waals surface area contributed by atoms with Gasteiger partial charge in [-0.2, -0.15) is 0 Å². The second-order valence-electron chi connectivity index (χ2n) is 4.95. The molecule has 5 heteroatoms. The Morgan fingerprint density at radius 2 is 2.26 bits per heavy atom. The SMILES string of the molecule is O=C(O)CC1CCCCN1Cc1cc(Cl)ccc1F. The minimum Gasteiger partial charge on any atom is -0.481 e. The van der Waals surface area contributed by atoms with Crippen molar-refractivity contribution >= 4 is 17.6 Å². The summed E-state index contributed by atoms with van der Waals surface area (Å²) in [6.07, 6.45) is 3.03. The summed E-state index contributed by atoms with van der Waals surface area (Å²) in [7, 11) is 0. The Balaban J connectivity index is 2.10. The van der Waals surface area contributed by atoms with Crippen molar-refractivity contribution in [1.29, 1.82) is 0 Å². The van der Waals surface area contributed by atoms with Crippen molar-refractivity contribution in [3.8, 4) is 0 Å². The second-order valence-corrected chi connectivity index (χ2v) is 5.39. The van der Waals surface area contributed by atoms with Crippen LogP contribution in [0.15, 0.2) is 18.2 Å². The van der Waals surface area contributed by atoms with Gasteiger partial charge >= 0.3 is 5.97 Å². The molecule has 1 aliphatic heterocycles. The molecular formula is C14H17ClFNO2. The maximum atomic E-state index is 13.7. The van der Waals surface area contributed by atoms with Gasteiger partial charge in [-0.25, -0.2) is 4.39 Å². The first-order valence-electron chi connectivity index (χ1n) is 6.46. The summed E-state index contributed by atoms with van der Waals surface area (Å²) in [5, 5.41) is 9.43. The average Bonchev–Trinajstić information content (AvgIpc) is 2.35. The summed E-state index contributed by atoms with van der Waals surface area (Å²) >= 11 is 5.88. The number of carboxylic acids is 1. The van der Waals surface area contributed by atoms with Crippen LogP contribution in [0.5, 0.6) is 0 Å². The van der Waals surface area contributed by atoms with Gasteiger partial charge < -0.3 is 5.11 Å². The van der Waals surface area contributed by atoms with E-state index in [0.29, 0.717) is 17.1 Å². The number of carboxylic acid groups (broad SMARTS) is 1. The third kappa shape index (κ3) is 3.91. The van der Waals surface area contributed by atoms with Crippen LogP contribution in [0.3, 0.4) is 0 Å². The van der Waals surface area contributed by atoms with Gasteiger partial charge in [-0.3, -0.25) is 9.69 Å². The van der Waals surface area contributed by atoms with E-state index in [2.05, 4.69) is 0 Å². The molecule has 1 atom stereocenters. The van der Waals surface area contributed by atoms with Crippen molar-refractivity contribution < 1.29 is 14.3 Å². The Kier molecular flexibility index (Phi) is 4.77. The summed E-state index contributed by atoms with van der Waals surface area (Å²) in [5.41, 5.74) is 0.532. The van der Waals surface area contributed by atoms with Crippen molar-refractivity contribution in [3.63, 3.8) is 0 Å². The highest BCUT2D eigenvalue weighted by Gasteiger charge is 2.25. The molecule has 1 aromatic rings. The molecule has 19 heavy (non-hydrogen) atoms. The minimum atomic E-state index is -0.802. The van der Waals surface area contributed by atoms with Crippen LogP contribution in [0.25, 0.3) is 0 Å². The molecule has 1 heterocycles. The predicted molar refractivity (Wildman–Crippen MR) is 71.7 cm³/mol. The first kappa shape index (κ1) is 14.3. The van der Waals surface area contributed by atoms with Gasteiger partial charge in [0.1, 0.15) is 5.82 Å². The molecule has 1 N–H and O–H groups in total. The number of piperidine rings is 1. The number of rotatable bonds is 4. The maximum Gasteiger partial charge on any atom is 0.304 e. The first-order chi connectivity index (χ1) is 9.06. The number of hydrogen-bond acceptors (Lipinski definition) is 2. The zero-order chi connectivity index (χ0) is 13.8. The third-order valence-electron chi connectivity index (χ3n) is 3.54. The predicted octanol–water partition coefficient (Wildman–Crippen LogP) is 3.31. The summed E-state index contributed by atoms with van der Waals surface area (Å²) in [4.78, 5) is 12.9. The highest BCUT2D eigenvalue weighted by atomic mass is 35.5. The van der Waals surface area contributed by atoms with Crippen LogP contribution in [0.4, 0.5) is 4.39 Å². The number of halogens is 2. The highest BCUT2D eigenvalue weighted by molar-refractivity contribution is 6.30. The van der Waals surface area contributed by atoms with E-state index < -0.39 is 5.97 Å². The van der Waals surface area contributed by atoms with E-state index >= 15 is 0 Å². The van der Waals surface area contributed by atoms with E-state index in [1.54, 1.807) is 6.07 Å². The lowest BCUT2D eigenvalue weighted by atomic mass is 9.98. The van der Waals surface area contributed by atoms with Crippen LogP contribution in [0, 0.1) is 5.82 Å². The molecule has 0 saturated carbocycles. The minimum absolute atomic E-state index is 0.00960. The Morgan fingerprint density at radius 3 is 3.00 bits per heavy atom. The molecule has 0 bridgehead atoms. The molecule has 1 aliphatic rings. The number of carbonyl (C=O) groups is 1. The standard InChI is InChI=1S/C14H17ClFNO2/c15-11-4-5-13(16)10(7-11)9-17-6-2-1-3-12(17)8-14(18)19/h4-5,7,12H,1-3,6,8-9H2,(H,18,19). The van der Waals surface area contributed by atoms with Crippen molar-refractivity contribution in [2.24, 2.45) is 0 Å². The molecular weight excluding hydrogens is 269 g/mol. The molecule has 3 nitrogen and oxygen atoms in total. The lowest BCUT2D eigenvalue weighted by molar-refractivity contribution is -0.138. The lowest BCUT2D eigenvalue weighted by Gasteiger charge is -2.35. The third-order valence-corrected chi connectivity index (χ3v) is 3.78. The van der Waals surface area contributed by atoms with Gasteiger partial charge in [0.2, 0.25) is 0 Å². The summed E-state index contributed by atoms with van der Waals surface area (Å²) in [5.74, 6) is -1.09. The van der Waals surface area contributed by atoms with Crippen molar-refractivity contribution in [2.45, 2.75) is 38.3 Å². The Labute approximate surface area is 117 Å². The Bertz CT molecular complexity index is 467. The summed E-state index contributed by atoms with van der Waals surface area (Å²) < 4.78 is 13.7. The van der Waals surface area contributed by atoms with Crippen LogP contribution < -0.4 is 0 Å². The summed E-state index contributed by atoms with van der Waals surface area (Å²) in [6, 6.07) is 4.48. The highest BCUT2D eigenvalue weighted by Crippen LogP contribution is 2.24. The van der Waals surface area contributed by atoms with E-state index in [1.165, 1.54) is 12.1 Å². The fourth-order valence-electron chi connectivity index (χ4n) is 2.58. The van der Waals surface area contributed by atoms with Gasteiger partial charge in [-0.15, -0.1) is 0 Å². The molecule has 1 saturated heterocycles. The van der Waals surface area contributed by atoms with Crippen LogP contribution in [0.2, 0.25) is 5.02 Å². The fourth-order valence-corrected chi connectivity index (χ4v) is 2.78. The number of likely N-dealkylation sites (tertiary alicyclic amines) is 1. The topological polar surface area (TPSA) is 40.5 Å². The molecule has 0 amide bonds. The number of aliphatic carboxylic acids is 1. The lowest BCUT2D eigenvalue weighted by Crippen LogP contribution is -2.40. The molecule has 2 rings (SSSR count). The van der Waals surface area contributed by atoms with Gasteiger partial charge in [-0.1, -0.05) is 18.0 Å². The zero-order valence-corrected chi connectivity index (χ0v) is 11.4. The molecule has 0 radical (unpaired) electrons. The van der Waals surface area contributed by atoms with Gasteiger partial charge in [0.25, 0.3) is 0 Å². The zero-order valence-electron chi connectivity index (χ0n) is 10.6. The van der Waals surface area contributed by atoms with Crippen LogP contribution >= 0.6 is 11.6 Å². The van der Waals surface area contributed by atoms with Gasteiger partial charge in [0.15, 0.2) is 0 Å². The molecule has 104 valence electrons. The van der Waals surface area contributed by atoms with Crippen molar-refractivity contribution in [1.82, 2.24) is 4.90 Å². The second kappa shape index (κ2) is 6.35. The number of benzene rings is 1. The molecule has 1 fully saturated rings. The first-order valence-corrected chi connectivity index (χ1v) is 6.84. The van der Waals surface area contributed by atoms with Crippen LogP contribution in [-0.2, 0) is 11.3 Å². The summed E-state index contributed by atoms with van der Waals surface area (Å²) in [6.45, 7) is 1.23. The van der Waals surface area contributed by atoms with Gasteiger partial charge in [0, 0.05) is 23.2 Å². The number of nitrogens with zero attached hydrogens (tertiary/aromatic N) is 1. The largest absolute Gasteiger partial charge is 0.481 e. The molecule has 1 aromatic carbocycles. The van der Waals surface area contributed by atoms with Crippen LogP contribution in [-0.4, -0.2) is 28.6 Å². The van der Waals surface area contributed by atoms with E-state index in [1.807, 2.05) is 4.90 Å². The van der Waals surface area contributed by atoms with E-state index in [-0.39, 0.29) is 18.3 Å². The smallest absolute Gasteiger partial charge is 0.304 e. The van der Waals surface area contributed by atoms with Crippen molar-refractivity contribution in [3.05, 3.63) is 34.6 Å². The fraction of sp³-hybridized carbons (Fsp3) is 0.500. The van der Waals surface area contributed by atoms with E-state index in [4.69, 9.17) is 16.7 Å². The monoisotopic (exact) mass is 285 g/mol. The molecule has 0 aliphatic carbocycles. The number of hydrogen-bond donors (Lipinski definition) is 1. The Morgan fingerprint density at radius 1 is 1.47 bits per heavy atom. The van der Waals surface area contributed by atoms with Crippen molar-refractivity contribution in [2.75, 3.05) is 6.54 Å².